The molecule has 1 aromatic heterocycles. The van der Waals surface area contributed by atoms with Crippen LogP contribution in [-0.4, -0.2) is 38.8 Å². The standard InChI is InChI=1S/C16H19N3O2/c1-18-15(14(9-17-18)16(20)21)11-19-8-7-13(10-19)12-5-3-2-4-6-12/h2-6,9,13H,7-8,10-11H2,1H3,(H,20,21). The van der Waals surface area contributed by atoms with E-state index in [2.05, 4.69) is 34.3 Å². The van der Waals surface area contributed by atoms with Gasteiger partial charge in [0.05, 0.1) is 11.9 Å². The largest absolute Gasteiger partial charge is 0.478 e. The normalized spacial score (nSPS) is 19.0. The van der Waals surface area contributed by atoms with Gasteiger partial charge in [0.15, 0.2) is 0 Å². The average molecular weight is 285 g/mol. The Hall–Kier alpha value is -2.14. The molecule has 1 aliphatic heterocycles. The maximum atomic E-state index is 11.2. The Bertz CT molecular complexity index is 636. The third kappa shape index (κ3) is 2.83. The van der Waals surface area contributed by atoms with Gasteiger partial charge in [0.25, 0.3) is 0 Å². The van der Waals surface area contributed by atoms with Crippen molar-refractivity contribution in [2.75, 3.05) is 13.1 Å². The van der Waals surface area contributed by atoms with Gasteiger partial charge in [-0.05, 0) is 24.4 Å². The van der Waals surface area contributed by atoms with E-state index in [0.717, 1.165) is 25.2 Å². The molecular weight excluding hydrogens is 266 g/mol. The monoisotopic (exact) mass is 285 g/mol. The highest BCUT2D eigenvalue weighted by Crippen LogP contribution is 2.28. The summed E-state index contributed by atoms with van der Waals surface area (Å²) in [6.07, 6.45) is 2.55. The number of aromatic carboxylic acids is 1. The fourth-order valence-electron chi connectivity index (χ4n) is 3.01. The summed E-state index contributed by atoms with van der Waals surface area (Å²) < 4.78 is 1.67. The topological polar surface area (TPSA) is 58.4 Å². The van der Waals surface area contributed by atoms with Gasteiger partial charge in [-0.15, -0.1) is 0 Å². The number of benzene rings is 1. The molecular formula is C16H19N3O2. The lowest BCUT2D eigenvalue weighted by atomic mass is 9.99. The van der Waals surface area contributed by atoms with Crippen molar-refractivity contribution in [2.45, 2.75) is 18.9 Å². The molecule has 1 aromatic carbocycles. The van der Waals surface area contributed by atoms with E-state index in [9.17, 15) is 9.90 Å². The summed E-state index contributed by atoms with van der Waals surface area (Å²) >= 11 is 0. The molecule has 5 nitrogen and oxygen atoms in total. The second kappa shape index (κ2) is 5.69. The maximum absolute atomic E-state index is 11.2. The van der Waals surface area contributed by atoms with Crippen molar-refractivity contribution in [3.05, 3.63) is 53.3 Å². The zero-order valence-electron chi connectivity index (χ0n) is 12.1. The lowest BCUT2D eigenvalue weighted by molar-refractivity contribution is 0.0694. The smallest absolute Gasteiger partial charge is 0.339 e. The summed E-state index contributed by atoms with van der Waals surface area (Å²) in [5.74, 6) is -0.371. The molecule has 0 saturated carbocycles. The van der Waals surface area contributed by atoms with Crippen LogP contribution in [0, 0.1) is 0 Å². The van der Waals surface area contributed by atoms with E-state index in [1.807, 2.05) is 6.07 Å². The second-order valence-corrected chi connectivity index (χ2v) is 5.57. The number of carboxylic acid groups (broad SMARTS) is 1. The molecule has 1 unspecified atom stereocenters. The number of aryl methyl sites for hydroxylation is 1. The van der Waals surface area contributed by atoms with Crippen molar-refractivity contribution in [1.29, 1.82) is 0 Å². The van der Waals surface area contributed by atoms with Crippen LogP contribution in [0.4, 0.5) is 0 Å². The van der Waals surface area contributed by atoms with Crippen LogP contribution in [0.3, 0.4) is 0 Å². The number of likely N-dealkylation sites (tertiary alicyclic amines) is 1. The molecule has 5 heteroatoms. The predicted octanol–water partition coefficient (Wildman–Crippen LogP) is 2.11. The predicted molar refractivity (Wildman–Crippen MR) is 79.2 cm³/mol. The van der Waals surface area contributed by atoms with E-state index in [0.29, 0.717) is 18.0 Å². The Kier molecular flexibility index (Phi) is 3.75. The molecule has 110 valence electrons. The number of nitrogens with zero attached hydrogens (tertiary/aromatic N) is 3. The Balaban J connectivity index is 1.71. The van der Waals surface area contributed by atoms with E-state index in [1.54, 1.807) is 11.7 Å². The molecule has 21 heavy (non-hydrogen) atoms. The highest BCUT2D eigenvalue weighted by molar-refractivity contribution is 5.88. The molecule has 2 heterocycles. The summed E-state index contributed by atoms with van der Waals surface area (Å²) in [6, 6.07) is 10.5. The Morgan fingerprint density at radius 2 is 2.14 bits per heavy atom. The van der Waals surface area contributed by atoms with Gasteiger partial charge < -0.3 is 5.11 Å². The Morgan fingerprint density at radius 1 is 1.38 bits per heavy atom. The molecule has 2 aromatic rings. The fourth-order valence-corrected chi connectivity index (χ4v) is 3.01. The molecule has 0 amide bonds. The Morgan fingerprint density at radius 3 is 2.86 bits per heavy atom. The van der Waals surface area contributed by atoms with Gasteiger partial charge in [0.2, 0.25) is 0 Å². The van der Waals surface area contributed by atoms with E-state index in [1.165, 1.54) is 11.8 Å². The van der Waals surface area contributed by atoms with Gasteiger partial charge in [-0.1, -0.05) is 30.3 Å². The third-order valence-electron chi connectivity index (χ3n) is 4.21. The molecule has 0 aliphatic carbocycles. The quantitative estimate of drug-likeness (QED) is 0.934. The van der Waals surface area contributed by atoms with Crippen molar-refractivity contribution in [1.82, 2.24) is 14.7 Å². The first kappa shape index (κ1) is 13.8. The van der Waals surface area contributed by atoms with Crippen molar-refractivity contribution < 1.29 is 9.90 Å². The first-order chi connectivity index (χ1) is 10.1. The van der Waals surface area contributed by atoms with Crippen LogP contribution in [0.5, 0.6) is 0 Å². The van der Waals surface area contributed by atoms with Gasteiger partial charge in [-0.25, -0.2) is 4.79 Å². The minimum Gasteiger partial charge on any atom is -0.478 e. The second-order valence-electron chi connectivity index (χ2n) is 5.57. The first-order valence-corrected chi connectivity index (χ1v) is 7.16. The molecule has 1 aliphatic rings. The van der Waals surface area contributed by atoms with Gasteiger partial charge in [-0.2, -0.15) is 5.10 Å². The molecule has 0 bridgehead atoms. The number of carbonyl (C=O) groups is 1. The van der Waals surface area contributed by atoms with E-state index < -0.39 is 5.97 Å². The van der Waals surface area contributed by atoms with Crippen LogP contribution in [0.25, 0.3) is 0 Å². The zero-order chi connectivity index (χ0) is 14.8. The van der Waals surface area contributed by atoms with Crippen molar-refractivity contribution in [3.63, 3.8) is 0 Å². The van der Waals surface area contributed by atoms with Crippen molar-refractivity contribution in [2.24, 2.45) is 7.05 Å². The van der Waals surface area contributed by atoms with Crippen molar-refractivity contribution in [3.8, 4) is 0 Å². The van der Waals surface area contributed by atoms with Gasteiger partial charge in [-0.3, -0.25) is 9.58 Å². The van der Waals surface area contributed by atoms with Crippen LogP contribution in [0.1, 0.15) is 34.0 Å². The molecule has 3 rings (SSSR count). The summed E-state index contributed by atoms with van der Waals surface area (Å²) in [5, 5.41) is 13.3. The van der Waals surface area contributed by atoms with E-state index >= 15 is 0 Å². The number of carboxylic acids is 1. The maximum Gasteiger partial charge on any atom is 0.339 e. The average Bonchev–Trinajstić information content (AvgIpc) is 3.08. The molecule has 1 N–H and O–H groups in total. The summed E-state index contributed by atoms with van der Waals surface area (Å²) in [5.41, 5.74) is 2.44. The first-order valence-electron chi connectivity index (χ1n) is 7.16. The number of hydrogen-bond acceptors (Lipinski definition) is 3. The van der Waals surface area contributed by atoms with Crippen LogP contribution < -0.4 is 0 Å². The summed E-state index contributed by atoms with van der Waals surface area (Å²) in [4.78, 5) is 13.5. The van der Waals surface area contributed by atoms with Crippen LogP contribution in [-0.2, 0) is 13.6 Å². The van der Waals surface area contributed by atoms with Gasteiger partial charge >= 0.3 is 5.97 Å². The molecule has 0 radical (unpaired) electrons. The lowest BCUT2D eigenvalue weighted by Gasteiger charge is -2.17. The molecule has 1 saturated heterocycles. The summed E-state index contributed by atoms with van der Waals surface area (Å²) in [7, 11) is 1.80. The highest BCUT2D eigenvalue weighted by Gasteiger charge is 2.26. The summed E-state index contributed by atoms with van der Waals surface area (Å²) in [6.45, 7) is 2.60. The fraction of sp³-hybridized carbons (Fsp3) is 0.375. The minimum absolute atomic E-state index is 0.306. The van der Waals surface area contributed by atoms with E-state index in [4.69, 9.17) is 0 Å². The van der Waals surface area contributed by atoms with E-state index in [-0.39, 0.29) is 0 Å². The molecule has 1 fully saturated rings. The Labute approximate surface area is 123 Å². The van der Waals surface area contributed by atoms with Gasteiger partial charge in [0, 0.05) is 20.1 Å². The van der Waals surface area contributed by atoms with Gasteiger partial charge in [0.1, 0.15) is 5.56 Å². The highest BCUT2D eigenvalue weighted by atomic mass is 16.4. The lowest BCUT2D eigenvalue weighted by Crippen LogP contribution is -2.22. The number of aromatic nitrogens is 2. The SMILES string of the molecule is Cn1ncc(C(=O)O)c1CN1CCC(c2ccccc2)C1. The van der Waals surface area contributed by atoms with Crippen LogP contribution in [0.15, 0.2) is 36.5 Å². The van der Waals surface area contributed by atoms with Crippen LogP contribution in [0.2, 0.25) is 0 Å². The number of rotatable bonds is 4. The minimum atomic E-state index is -0.906. The number of hydrogen-bond donors (Lipinski definition) is 1. The third-order valence-corrected chi connectivity index (χ3v) is 4.21. The molecule has 1 atom stereocenters. The van der Waals surface area contributed by atoms with Crippen molar-refractivity contribution >= 4 is 5.97 Å². The van der Waals surface area contributed by atoms with Crippen LogP contribution >= 0.6 is 0 Å². The molecule has 0 spiro atoms. The zero-order valence-corrected chi connectivity index (χ0v) is 12.1.